The Morgan fingerprint density at radius 3 is 2.58 bits per heavy atom. The molecular formula is C20H26N2O3S. The second-order valence-electron chi connectivity index (χ2n) is 6.26. The quantitative estimate of drug-likeness (QED) is 0.492. The van der Waals surface area contributed by atoms with Crippen LogP contribution in [0, 0.1) is 0 Å². The minimum atomic E-state index is -0.294. The zero-order valence-electron chi connectivity index (χ0n) is 15.2. The van der Waals surface area contributed by atoms with Gasteiger partial charge in [0.15, 0.2) is 0 Å². The van der Waals surface area contributed by atoms with Crippen LogP contribution < -0.4 is 5.32 Å². The Balaban J connectivity index is 1.74. The van der Waals surface area contributed by atoms with Gasteiger partial charge in [-0.2, -0.15) is 0 Å². The molecule has 5 nitrogen and oxygen atoms in total. The van der Waals surface area contributed by atoms with Gasteiger partial charge in [0.2, 0.25) is 5.91 Å². The number of nitrogens with one attached hydrogen (secondary N) is 1. The molecule has 1 aliphatic heterocycles. The van der Waals surface area contributed by atoms with Gasteiger partial charge in [0.25, 0.3) is 11.1 Å². The Morgan fingerprint density at radius 1 is 1.12 bits per heavy atom. The molecule has 0 aromatic heterocycles. The summed E-state index contributed by atoms with van der Waals surface area (Å²) >= 11 is 0.943. The molecular weight excluding hydrogens is 348 g/mol. The van der Waals surface area contributed by atoms with Gasteiger partial charge in [0, 0.05) is 19.5 Å². The summed E-state index contributed by atoms with van der Waals surface area (Å²) < 4.78 is 0. The summed E-state index contributed by atoms with van der Waals surface area (Å²) in [7, 11) is 0. The molecule has 1 aliphatic rings. The SMILES string of the molecule is CCCCCCCC(=O)NCCN1C(=O)SC(=Cc2ccccc2)C1=O. The maximum absolute atomic E-state index is 12.4. The smallest absolute Gasteiger partial charge is 0.293 e. The van der Waals surface area contributed by atoms with Gasteiger partial charge < -0.3 is 5.32 Å². The third kappa shape index (κ3) is 6.33. The Bertz CT molecular complexity index is 658. The number of thioether (sulfide) groups is 1. The highest BCUT2D eigenvalue weighted by atomic mass is 32.2. The van der Waals surface area contributed by atoms with Gasteiger partial charge in [0.05, 0.1) is 4.91 Å². The first kappa shape index (κ1) is 20.2. The molecule has 0 bridgehead atoms. The highest BCUT2D eigenvalue weighted by Gasteiger charge is 2.34. The number of benzene rings is 1. The number of imide groups is 1. The van der Waals surface area contributed by atoms with Crippen LogP contribution in [-0.2, 0) is 9.59 Å². The van der Waals surface area contributed by atoms with E-state index in [1.54, 1.807) is 6.08 Å². The van der Waals surface area contributed by atoms with E-state index in [1.165, 1.54) is 17.7 Å². The van der Waals surface area contributed by atoms with E-state index in [4.69, 9.17) is 0 Å². The minimum absolute atomic E-state index is 0.0201. The van der Waals surface area contributed by atoms with Gasteiger partial charge >= 0.3 is 0 Å². The maximum Gasteiger partial charge on any atom is 0.293 e. The molecule has 1 heterocycles. The van der Waals surface area contributed by atoms with Crippen molar-refractivity contribution in [1.29, 1.82) is 0 Å². The lowest BCUT2D eigenvalue weighted by Gasteiger charge is -2.13. The third-order valence-electron chi connectivity index (χ3n) is 4.14. The first-order chi connectivity index (χ1) is 12.6. The summed E-state index contributed by atoms with van der Waals surface area (Å²) in [5.41, 5.74) is 0.884. The van der Waals surface area contributed by atoms with Crippen LogP contribution in [0.25, 0.3) is 6.08 Å². The number of carbonyl (C=O) groups excluding carboxylic acids is 3. The highest BCUT2D eigenvalue weighted by Crippen LogP contribution is 2.31. The van der Waals surface area contributed by atoms with Crippen molar-refractivity contribution in [2.24, 2.45) is 0 Å². The second kappa shape index (κ2) is 10.8. The van der Waals surface area contributed by atoms with Gasteiger partial charge in [-0.15, -0.1) is 0 Å². The van der Waals surface area contributed by atoms with E-state index in [0.717, 1.165) is 36.6 Å². The molecule has 3 amide bonds. The molecule has 0 atom stereocenters. The lowest BCUT2D eigenvalue weighted by atomic mass is 10.1. The zero-order valence-corrected chi connectivity index (χ0v) is 16.0. The van der Waals surface area contributed by atoms with Gasteiger partial charge in [-0.25, -0.2) is 0 Å². The topological polar surface area (TPSA) is 66.5 Å². The second-order valence-corrected chi connectivity index (χ2v) is 7.25. The van der Waals surface area contributed by atoms with Crippen molar-refractivity contribution >= 4 is 34.9 Å². The number of nitrogens with zero attached hydrogens (tertiary/aromatic N) is 1. The summed E-state index contributed by atoms with van der Waals surface area (Å²) in [6.45, 7) is 2.66. The van der Waals surface area contributed by atoms with Crippen molar-refractivity contribution < 1.29 is 14.4 Å². The standard InChI is InChI=1S/C20H26N2O3S/c1-2-3-4-5-9-12-18(23)21-13-14-22-19(24)17(26-20(22)25)15-16-10-7-6-8-11-16/h6-8,10-11,15H,2-5,9,12-14H2,1H3,(H,21,23). The van der Waals surface area contributed by atoms with E-state index in [-0.39, 0.29) is 23.6 Å². The monoisotopic (exact) mass is 374 g/mol. The molecule has 1 aromatic carbocycles. The molecule has 0 unspecified atom stereocenters. The van der Waals surface area contributed by atoms with E-state index < -0.39 is 0 Å². The fourth-order valence-electron chi connectivity index (χ4n) is 2.68. The van der Waals surface area contributed by atoms with E-state index >= 15 is 0 Å². The Labute approximate surface area is 159 Å². The summed E-state index contributed by atoms with van der Waals surface area (Å²) in [5.74, 6) is -0.314. The zero-order chi connectivity index (χ0) is 18.8. The fourth-order valence-corrected chi connectivity index (χ4v) is 3.54. The Kier molecular flexibility index (Phi) is 8.41. The molecule has 0 aliphatic carbocycles. The van der Waals surface area contributed by atoms with Crippen LogP contribution in [0.2, 0.25) is 0 Å². The molecule has 1 aromatic rings. The van der Waals surface area contributed by atoms with Crippen LogP contribution in [-0.4, -0.2) is 35.0 Å². The average Bonchev–Trinajstić information content (AvgIpc) is 2.90. The molecule has 6 heteroatoms. The molecule has 1 saturated heterocycles. The molecule has 2 rings (SSSR count). The molecule has 26 heavy (non-hydrogen) atoms. The van der Waals surface area contributed by atoms with Crippen molar-refractivity contribution in [2.75, 3.05) is 13.1 Å². The Morgan fingerprint density at radius 2 is 1.85 bits per heavy atom. The number of unbranched alkanes of at least 4 members (excludes halogenated alkanes) is 4. The molecule has 0 saturated carbocycles. The molecule has 1 fully saturated rings. The third-order valence-corrected chi connectivity index (χ3v) is 5.04. The van der Waals surface area contributed by atoms with Gasteiger partial charge in [0.1, 0.15) is 0 Å². The van der Waals surface area contributed by atoms with Crippen LogP contribution in [0.1, 0.15) is 51.0 Å². The van der Waals surface area contributed by atoms with Crippen LogP contribution in [0.4, 0.5) is 4.79 Å². The first-order valence-corrected chi connectivity index (χ1v) is 10.0. The number of hydrogen-bond acceptors (Lipinski definition) is 4. The van der Waals surface area contributed by atoms with Crippen molar-refractivity contribution in [3.8, 4) is 0 Å². The largest absolute Gasteiger partial charge is 0.354 e. The predicted octanol–water partition coefficient (Wildman–Crippen LogP) is 4.20. The number of amides is 3. The highest BCUT2D eigenvalue weighted by molar-refractivity contribution is 8.18. The normalized spacial score (nSPS) is 15.7. The van der Waals surface area contributed by atoms with Gasteiger partial charge in [-0.1, -0.05) is 62.9 Å². The Hall–Kier alpha value is -2.08. The first-order valence-electron chi connectivity index (χ1n) is 9.19. The van der Waals surface area contributed by atoms with Crippen molar-refractivity contribution in [3.05, 3.63) is 40.8 Å². The predicted molar refractivity (Wildman–Crippen MR) is 106 cm³/mol. The van der Waals surface area contributed by atoms with E-state index in [9.17, 15) is 14.4 Å². The van der Waals surface area contributed by atoms with Crippen LogP contribution >= 0.6 is 11.8 Å². The van der Waals surface area contributed by atoms with Gasteiger partial charge in [-0.3, -0.25) is 19.3 Å². The lowest BCUT2D eigenvalue weighted by Crippen LogP contribution is -2.37. The summed E-state index contributed by atoms with van der Waals surface area (Å²) in [6, 6.07) is 9.43. The van der Waals surface area contributed by atoms with Crippen molar-refractivity contribution in [3.63, 3.8) is 0 Å². The van der Waals surface area contributed by atoms with Crippen molar-refractivity contribution in [1.82, 2.24) is 10.2 Å². The van der Waals surface area contributed by atoms with Crippen LogP contribution in [0.5, 0.6) is 0 Å². The molecule has 140 valence electrons. The number of hydrogen-bond donors (Lipinski definition) is 1. The van der Waals surface area contributed by atoms with Crippen LogP contribution in [0.3, 0.4) is 0 Å². The number of rotatable bonds is 10. The lowest BCUT2D eigenvalue weighted by molar-refractivity contribution is -0.124. The molecule has 1 N–H and O–H groups in total. The minimum Gasteiger partial charge on any atom is -0.354 e. The van der Waals surface area contributed by atoms with Gasteiger partial charge in [-0.05, 0) is 29.8 Å². The average molecular weight is 375 g/mol. The van der Waals surface area contributed by atoms with Crippen molar-refractivity contribution in [2.45, 2.75) is 45.4 Å². The fraction of sp³-hybridized carbons (Fsp3) is 0.450. The summed E-state index contributed by atoms with van der Waals surface area (Å²) in [6.07, 6.45) is 7.72. The van der Waals surface area contributed by atoms with Crippen LogP contribution in [0.15, 0.2) is 35.2 Å². The summed E-state index contributed by atoms with van der Waals surface area (Å²) in [5, 5.41) is 2.51. The van der Waals surface area contributed by atoms with E-state index in [0.29, 0.717) is 17.9 Å². The maximum atomic E-state index is 12.4. The molecule has 0 spiro atoms. The van der Waals surface area contributed by atoms with E-state index in [2.05, 4.69) is 12.2 Å². The summed E-state index contributed by atoms with van der Waals surface area (Å²) in [4.78, 5) is 37.8. The van der Waals surface area contributed by atoms with E-state index in [1.807, 2.05) is 30.3 Å². The molecule has 0 radical (unpaired) electrons. The number of carbonyl (C=O) groups is 3.